The van der Waals surface area contributed by atoms with E-state index in [1.807, 2.05) is 0 Å². The SMILES string of the molecule is CC(C)c1nnc(NC(=O)C2CC3CCCC(C2)C3N)s1. The van der Waals surface area contributed by atoms with Gasteiger partial charge in [-0.15, -0.1) is 10.2 Å². The number of nitrogens with zero attached hydrogens (tertiary/aromatic N) is 2. The number of hydrogen-bond acceptors (Lipinski definition) is 5. The van der Waals surface area contributed by atoms with E-state index in [0.717, 1.165) is 17.8 Å². The number of nitrogens with two attached hydrogens (primary N) is 1. The summed E-state index contributed by atoms with van der Waals surface area (Å²) < 4.78 is 0. The first-order valence-corrected chi connectivity index (χ1v) is 8.76. The Morgan fingerprint density at radius 2 is 1.95 bits per heavy atom. The standard InChI is InChI=1S/C15H24N4OS/c1-8(2)14-18-19-15(21-14)17-13(20)11-6-9-4-3-5-10(7-11)12(9)16/h8-12H,3-7,16H2,1-2H3,(H,17,19,20). The Morgan fingerprint density at radius 3 is 2.52 bits per heavy atom. The molecule has 0 spiro atoms. The van der Waals surface area contributed by atoms with Crippen molar-refractivity contribution >= 4 is 22.4 Å². The van der Waals surface area contributed by atoms with E-state index < -0.39 is 0 Å². The smallest absolute Gasteiger partial charge is 0.229 e. The molecule has 2 saturated carbocycles. The van der Waals surface area contributed by atoms with Gasteiger partial charge in [0.05, 0.1) is 0 Å². The Balaban J connectivity index is 1.63. The molecule has 2 aliphatic rings. The van der Waals surface area contributed by atoms with Crippen LogP contribution in [0.2, 0.25) is 0 Å². The molecule has 3 N–H and O–H groups in total. The van der Waals surface area contributed by atoms with Crippen molar-refractivity contribution < 1.29 is 4.79 Å². The van der Waals surface area contributed by atoms with E-state index in [0.29, 0.717) is 28.9 Å². The quantitative estimate of drug-likeness (QED) is 0.899. The van der Waals surface area contributed by atoms with Gasteiger partial charge in [-0.2, -0.15) is 0 Å². The molecule has 6 heteroatoms. The second kappa shape index (κ2) is 6.01. The maximum absolute atomic E-state index is 12.5. The molecule has 5 nitrogen and oxygen atoms in total. The van der Waals surface area contributed by atoms with Gasteiger partial charge in [0.15, 0.2) is 0 Å². The topological polar surface area (TPSA) is 80.9 Å². The highest BCUT2D eigenvalue weighted by molar-refractivity contribution is 7.15. The lowest BCUT2D eigenvalue weighted by atomic mass is 9.65. The maximum atomic E-state index is 12.5. The summed E-state index contributed by atoms with van der Waals surface area (Å²) in [6.07, 6.45) is 5.49. The third-order valence-corrected chi connectivity index (χ3v) is 6.09. The second-order valence-corrected chi connectivity index (χ2v) is 7.80. The van der Waals surface area contributed by atoms with Crippen LogP contribution in [0.3, 0.4) is 0 Å². The van der Waals surface area contributed by atoms with Gasteiger partial charge in [0.25, 0.3) is 0 Å². The van der Waals surface area contributed by atoms with Crippen LogP contribution < -0.4 is 11.1 Å². The van der Waals surface area contributed by atoms with Crippen LogP contribution in [-0.2, 0) is 4.79 Å². The number of amides is 1. The van der Waals surface area contributed by atoms with Gasteiger partial charge in [-0.25, -0.2) is 0 Å². The molecule has 0 aliphatic heterocycles. The summed E-state index contributed by atoms with van der Waals surface area (Å²) in [6.45, 7) is 4.16. The first-order chi connectivity index (χ1) is 10.0. The summed E-state index contributed by atoms with van der Waals surface area (Å²) in [6, 6.07) is 0.303. The molecule has 2 atom stereocenters. The van der Waals surface area contributed by atoms with Crippen LogP contribution in [0.15, 0.2) is 0 Å². The number of fused-ring (bicyclic) bond motifs is 2. The van der Waals surface area contributed by atoms with Crippen LogP contribution in [-0.4, -0.2) is 22.1 Å². The number of carbonyl (C=O) groups is 1. The number of rotatable bonds is 3. The Bertz CT molecular complexity index is 502. The average molecular weight is 308 g/mol. The summed E-state index contributed by atoms with van der Waals surface area (Å²) in [5.74, 6) is 1.58. The molecule has 1 heterocycles. The zero-order valence-corrected chi connectivity index (χ0v) is 13.5. The monoisotopic (exact) mass is 308 g/mol. The molecule has 2 unspecified atom stereocenters. The van der Waals surface area contributed by atoms with Crippen LogP contribution in [0.25, 0.3) is 0 Å². The largest absolute Gasteiger partial charge is 0.327 e. The highest BCUT2D eigenvalue weighted by atomic mass is 32.1. The van der Waals surface area contributed by atoms with Crippen LogP contribution >= 0.6 is 11.3 Å². The summed E-state index contributed by atoms with van der Waals surface area (Å²) in [7, 11) is 0. The summed E-state index contributed by atoms with van der Waals surface area (Å²) in [4.78, 5) is 12.5. The van der Waals surface area contributed by atoms with Crippen LogP contribution in [0.1, 0.15) is 56.9 Å². The molecule has 2 aliphatic carbocycles. The summed E-state index contributed by atoms with van der Waals surface area (Å²) >= 11 is 1.48. The molecular weight excluding hydrogens is 284 g/mol. The van der Waals surface area contributed by atoms with Gasteiger partial charge in [-0.3, -0.25) is 4.79 Å². The fourth-order valence-corrected chi connectivity index (χ4v) is 4.48. The van der Waals surface area contributed by atoms with Crippen molar-refractivity contribution in [2.75, 3.05) is 5.32 Å². The van der Waals surface area contributed by atoms with Crippen molar-refractivity contribution in [2.24, 2.45) is 23.5 Å². The molecular formula is C15H24N4OS. The predicted octanol–water partition coefficient (Wildman–Crippen LogP) is 2.75. The second-order valence-electron chi connectivity index (χ2n) is 6.79. The fraction of sp³-hybridized carbons (Fsp3) is 0.800. The lowest BCUT2D eigenvalue weighted by Gasteiger charge is -2.43. The lowest BCUT2D eigenvalue weighted by molar-refractivity contribution is -0.122. The molecule has 21 heavy (non-hydrogen) atoms. The van der Waals surface area contributed by atoms with E-state index in [2.05, 4.69) is 29.4 Å². The maximum Gasteiger partial charge on any atom is 0.229 e. The first-order valence-electron chi connectivity index (χ1n) is 7.94. The molecule has 0 aromatic carbocycles. The summed E-state index contributed by atoms with van der Waals surface area (Å²) in [5, 5.41) is 12.7. The van der Waals surface area contributed by atoms with Crippen molar-refractivity contribution in [1.29, 1.82) is 0 Å². The third-order valence-electron chi connectivity index (χ3n) is 4.95. The third kappa shape index (κ3) is 3.11. The van der Waals surface area contributed by atoms with E-state index in [4.69, 9.17) is 5.73 Å². The predicted molar refractivity (Wildman–Crippen MR) is 84.2 cm³/mol. The van der Waals surface area contributed by atoms with Crippen molar-refractivity contribution in [3.8, 4) is 0 Å². The van der Waals surface area contributed by atoms with Crippen molar-refractivity contribution in [2.45, 2.75) is 57.9 Å². The number of hydrogen-bond donors (Lipinski definition) is 2. The molecule has 2 fully saturated rings. The Kier molecular flexibility index (Phi) is 4.26. The first kappa shape index (κ1) is 14.9. The fourth-order valence-electron chi connectivity index (χ4n) is 3.73. The number of anilines is 1. The van der Waals surface area contributed by atoms with Gasteiger partial charge in [0.1, 0.15) is 5.01 Å². The van der Waals surface area contributed by atoms with Crippen LogP contribution in [0, 0.1) is 17.8 Å². The van der Waals surface area contributed by atoms with E-state index in [-0.39, 0.29) is 11.8 Å². The van der Waals surface area contributed by atoms with Gasteiger partial charge in [0, 0.05) is 17.9 Å². The molecule has 1 aromatic heterocycles. The highest BCUT2D eigenvalue weighted by Crippen LogP contribution is 2.42. The summed E-state index contributed by atoms with van der Waals surface area (Å²) in [5.41, 5.74) is 6.28. The highest BCUT2D eigenvalue weighted by Gasteiger charge is 2.40. The van der Waals surface area contributed by atoms with Gasteiger partial charge < -0.3 is 11.1 Å². The molecule has 3 rings (SSSR count). The minimum atomic E-state index is 0.0894. The zero-order valence-electron chi connectivity index (χ0n) is 12.7. The molecule has 1 amide bonds. The van der Waals surface area contributed by atoms with E-state index in [1.54, 1.807) is 0 Å². The Labute approximate surface area is 129 Å². The zero-order chi connectivity index (χ0) is 15.0. The van der Waals surface area contributed by atoms with E-state index in [9.17, 15) is 4.79 Å². The normalized spacial score (nSPS) is 32.2. The molecule has 116 valence electrons. The van der Waals surface area contributed by atoms with E-state index >= 15 is 0 Å². The van der Waals surface area contributed by atoms with Gasteiger partial charge in [-0.05, 0) is 37.5 Å². The van der Waals surface area contributed by atoms with Crippen molar-refractivity contribution in [3.05, 3.63) is 5.01 Å². The molecule has 0 saturated heterocycles. The number of carbonyl (C=O) groups excluding carboxylic acids is 1. The average Bonchev–Trinajstić information content (AvgIpc) is 2.87. The number of nitrogens with one attached hydrogen (secondary N) is 1. The number of aromatic nitrogens is 2. The van der Waals surface area contributed by atoms with Crippen LogP contribution in [0.5, 0.6) is 0 Å². The Morgan fingerprint density at radius 1 is 1.29 bits per heavy atom. The van der Waals surface area contributed by atoms with Gasteiger partial charge in [0.2, 0.25) is 11.0 Å². The molecule has 0 radical (unpaired) electrons. The minimum absolute atomic E-state index is 0.0894. The molecule has 1 aromatic rings. The van der Waals surface area contributed by atoms with Crippen molar-refractivity contribution in [1.82, 2.24) is 10.2 Å². The van der Waals surface area contributed by atoms with Gasteiger partial charge >= 0.3 is 0 Å². The van der Waals surface area contributed by atoms with E-state index in [1.165, 1.54) is 30.6 Å². The van der Waals surface area contributed by atoms with Gasteiger partial charge in [-0.1, -0.05) is 31.6 Å². The minimum Gasteiger partial charge on any atom is -0.327 e. The van der Waals surface area contributed by atoms with Crippen LogP contribution in [0.4, 0.5) is 5.13 Å². The van der Waals surface area contributed by atoms with Crippen molar-refractivity contribution in [3.63, 3.8) is 0 Å². The molecule has 2 bridgehead atoms. The lowest BCUT2D eigenvalue weighted by Crippen LogP contribution is -2.48. The Hall–Kier alpha value is -1.01.